The van der Waals surface area contributed by atoms with E-state index in [2.05, 4.69) is 10.6 Å². The van der Waals surface area contributed by atoms with Crippen LogP contribution in [0, 0.1) is 5.82 Å². The lowest BCUT2D eigenvalue weighted by atomic mass is 10.0. The Morgan fingerprint density at radius 2 is 1.76 bits per heavy atom. The molecule has 2 aromatic carbocycles. The number of aliphatic carboxylic acids is 1. The predicted octanol–water partition coefficient (Wildman–Crippen LogP) is 2.99. The molecule has 0 spiro atoms. The Kier molecular flexibility index (Phi) is 7.99. The second kappa shape index (κ2) is 10.2. The zero-order valence-corrected chi connectivity index (χ0v) is 16.9. The Labute approximate surface area is 177 Å². The second-order valence-corrected chi connectivity index (χ2v) is 7.27. The summed E-state index contributed by atoms with van der Waals surface area (Å²) in [7, 11) is 0. The molecule has 6 nitrogen and oxygen atoms in total. The molecule has 154 valence electrons. The molecule has 0 fully saturated rings. The summed E-state index contributed by atoms with van der Waals surface area (Å²) >= 11 is 11.9. The van der Waals surface area contributed by atoms with Gasteiger partial charge in [-0.15, -0.1) is 0 Å². The fourth-order valence-electron chi connectivity index (χ4n) is 2.73. The van der Waals surface area contributed by atoms with Crippen LogP contribution in [0.25, 0.3) is 0 Å². The highest BCUT2D eigenvalue weighted by Gasteiger charge is 2.27. The molecule has 2 aromatic rings. The quantitative estimate of drug-likeness (QED) is 0.587. The first kappa shape index (κ1) is 22.6. The van der Waals surface area contributed by atoms with Crippen molar-refractivity contribution in [3.63, 3.8) is 0 Å². The van der Waals surface area contributed by atoms with Gasteiger partial charge in [0.05, 0.1) is 0 Å². The van der Waals surface area contributed by atoms with Gasteiger partial charge in [-0.05, 0) is 35.4 Å². The van der Waals surface area contributed by atoms with E-state index in [1.54, 1.807) is 18.2 Å². The maximum Gasteiger partial charge on any atom is 0.326 e. The van der Waals surface area contributed by atoms with Gasteiger partial charge in [0, 0.05) is 29.8 Å². The molecule has 29 heavy (non-hydrogen) atoms. The van der Waals surface area contributed by atoms with Gasteiger partial charge in [-0.1, -0.05) is 41.4 Å². The van der Waals surface area contributed by atoms with Crippen LogP contribution < -0.4 is 10.6 Å². The van der Waals surface area contributed by atoms with Crippen molar-refractivity contribution in [2.24, 2.45) is 0 Å². The molecule has 3 N–H and O–H groups in total. The SMILES string of the molecule is CC(=O)N[C@@H](Cc1cccc(F)c1)C(=O)N[C@@H](Cc1ccc(Cl)cc1Cl)C(=O)O. The number of halogens is 3. The fraction of sp³-hybridized carbons (Fsp3) is 0.250. The molecule has 0 heterocycles. The van der Waals surface area contributed by atoms with E-state index in [0.29, 0.717) is 16.1 Å². The summed E-state index contributed by atoms with van der Waals surface area (Å²) in [6, 6.07) is 7.84. The van der Waals surface area contributed by atoms with Crippen LogP contribution in [-0.2, 0) is 27.2 Å². The summed E-state index contributed by atoms with van der Waals surface area (Å²) in [5.41, 5.74) is 0.969. The van der Waals surface area contributed by atoms with Crippen molar-refractivity contribution in [1.29, 1.82) is 0 Å². The Hall–Kier alpha value is -2.64. The largest absolute Gasteiger partial charge is 0.480 e. The van der Waals surface area contributed by atoms with Crippen LogP contribution in [0.4, 0.5) is 4.39 Å². The Balaban J connectivity index is 2.17. The average molecular weight is 441 g/mol. The molecule has 0 unspecified atom stereocenters. The van der Waals surface area contributed by atoms with E-state index in [4.69, 9.17) is 23.2 Å². The molecule has 0 radical (unpaired) electrons. The van der Waals surface area contributed by atoms with E-state index in [1.807, 2.05) is 0 Å². The minimum absolute atomic E-state index is 0.00276. The third-order valence-corrected chi connectivity index (χ3v) is 4.66. The lowest BCUT2D eigenvalue weighted by molar-refractivity contribution is -0.142. The van der Waals surface area contributed by atoms with Gasteiger partial charge in [0.2, 0.25) is 11.8 Å². The summed E-state index contributed by atoms with van der Waals surface area (Å²) in [6.07, 6.45) is -0.0823. The molecule has 0 aromatic heterocycles. The summed E-state index contributed by atoms with van der Waals surface area (Å²) in [4.78, 5) is 35.8. The van der Waals surface area contributed by atoms with Gasteiger partial charge in [-0.3, -0.25) is 9.59 Å². The Morgan fingerprint density at radius 1 is 1.03 bits per heavy atom. The number of hydrogen-bond donors (Lipinski definition) is 3. The topological polar surface area (TPSA) is 95.5 Å². The molecule has 0 saturated carbocycles. The third kappa shape index (κ3) is 7.03. The first-order valence-electron chi connectivity index (χ1n) is 8.64. The number of carbonyl (C=O) groups is 3. The highest BCUT2D eigenvalue weighted by molar-refractivity contribution is 6.35. The van der Waals surface area contributed by atoms with Crippen molar-refractivity contribution in [2.75, 3.05) is 0 Å². The Morgan fingerprint density at radius 3 is 2.34 bits per heavy atom. The number of hydrogen-bond acceptors (Lipinski definition) is 3. The lowest BCUT2D eigenvalue weighted by Gasteiger charge is -2.21. The van der Waals surface area contributed by atoms with Gasteiger partial charge in [0.25, 0.3) is 0 Å². The maximum atomic E-state index is 13.4. The summed E-state index contributed by atoms with van der Waals surface area (Å²) < 4.78 is 13.4. The number of benzene rings is 2. The van der Waals surface area contributed by atoms with Gasteiger partial charge in [0.1, 0.15) is 17.9 Å². The predicted molar refractivity (Wildman–Crippen MR) is 107 cm³/mol. The second-order valence-electron chi connectivity index (χ2n) is 6.43. The molecule has 0 saturated heterocycles. The van der Waals surface area contributed by atoms with Crippen molar-refractivity contribution < 1.29 is 23.9 Å². The van der Waals surface area contributed by atoms with Gasteiger partial charge >= 0.3 is 5.97 Å². The van der Waals surface area contributed by atoms with Crippen LogP contribution in [0.1, 0.15) is 18.1 Å². The fourth-order valence-corrected chi connectivity index (χ4v) is 3.22. The van der Waals surface area contributed by atoms with Crippen molar-refractivity contribution in [2.45, 2.75) is 31.8 Å². The van der Waals surface area contributed by atoms with Crippen molar-refractivity contribution in [1.82, 2.24) is 10.6 Å². The van der Waals surface area contributed by atoms with Crippen LogP contribution in [0.2, 0.25) is 10.0 Å². The van der Waals surface area contributed by atoms with Gasteiger partial charge < -0.3 is 15.7 Å². The number of rotatable bonds is 8. The van der Waals surface area contributed by atoms with Crippen LogP contribution in [0.3, 0.4) is 0 Å². The highest BCUT2D eigenvalue weighted by Crippen LogP contribution is 2.22. The minimum atomic E-state index is -1.29. The van der Waals surface area contributed by atoms with E-state index in [-0.39, 0.29) is 17.9 Å². The van der Waals surface area contributed by atoms with E-state index in [9.17, 15) is 23.9 Å². The zero-order valence-electron chi connectivity index (χ0n) is 15.4. The average Bonchev–Trinajstić information content (AvgIpc) is 2.62. The van der Waals surface area contributed by atoms with Gasteiger partial charge in [0.15, 0.2) is 0 Å². The summed E-state index contributed by atoms with van der Waals surface area (Å²) in [5, 5.41) is 15.0. The van der Waals surface area contributed by atoms with Crippen molar-refractivity contribution in [3.05, 3.63) is 69.5 Å². The normalized spacial score (nSPS) is 12.7. The van der Waals surface area contributed by atoms with E-state index in [1.165, 1.54) is 31.2 Å². The molecular formula is C20H19Cl2FN2O4. The Bertz CT molecular complexity index is 923. The molecular weight excluding hydrogens is 422 g/mol. The number of carboxylic acids is 1. The molecule has 0 aliphatic rings. The first-order chi connectivity index (χ1) is 13.7. The molecule has 2 amide bonds. The maximum absolute atomic E-state index is 13.4. The number of amides is 2. The van der Waals surface area contributed by atoms with Gasteiger partial charge in [-0.2, -0.15) is 0 Å². The lowest BCUT2D eigenvalue weighted by Crippen LogP contribution is -2.52. The number of carbonyl (C=O) groups excluding carboxylic acids is 2. The van der Waals surface area contributed by atoms with Gasteiger partial charge in [-0.25, -0.2) is 9.18 Å². The number of nitrogens with one attached hydrogen (secondary N) is 2. The summed E-state index contributed by atoms with van der Waals surface area (Å²) in [6.45, 7) is 1.23. The van der Waals surface area contributed by atoms with Crippen LogP contribution >= 0.6 is 23.2 Å². The molecule has 9 heteroatoms. The van der Waals surface area contributed by atoms with Crippen molar-refractivity contribution >= 4 is 41.0 Å². The standard InChI is InChI=1S/C20H19Cl2FN2O4/c1-11(26)24-17(8-12-3-2-4-15(23)7-12)19(27)25-18(20(28)29)9-13-5-6-14(21)10-16(13)22/h2-7,10,17-18H,8-9H2,1H3,(H,24,26)(H,25,27)(H,28,29)/t17-,18-/m0/s1. The molecule has 0 aliphatic carbocycles. The van der Waals surface area contributed by atoms with E-state index in [0.717, 1.165) is 0 Å². The minimum Gasteiger partial charge on any atom is -0.480 e. The highest BCUT2D eigenvalue weighted by atomic mass is 35.5. The van der Waals surface area contributed by atoms with Crippen LogP contribution in [0.15, 0.2) is 42.5 Å². The van der Waals surface area contributed by atoms with Crippen molar-refractivity contribution in [3.8, 4) is 0 Å². The zero-order chi connectivity index (χ0) is 21.6. The molecule has 0 aliphatic heterocycles. The molecule has 2 atom stereocenters. The first-order valence-corrected chi connectivity index (χ1v) is 9.40. The van der Waals surface area contributed by atoms with Crippen LogP contribution in [-0.4, -0.2) is 35.0 Å². The van der Waals surface area contributed by atoms with E-state index >= 15 is 0 Å². The van der Waals surface area contributed by atoms with E-state index < -0.39 is 35.7 Å². The molecule has 0 bridgehead atoms. The van der Waals surface area contributed by atoms with Crippen LogP contribution in [0.5, 0.6) is 0 Å². The summed E-state index contributed by atoms with van der Waals surface area (Å²) in [5.74, 6) is -2.93. The molecule has 2 rings (SSSR count). The third-order valence-electron chi connectivity index (χ3n) is 4.08. The smallest absolute Gasteiger partial charge is 0.326 e. The monoisotopic (exact) mass is 440 g/mol. The number of carboxylic acid groups (broad SMARTS) is 1.